The molecule has 9 heteroatoms. The van der Waals surface area contributed by atoms with Crippen LogP contribution < -0.4 is 14.8 Å². The summed E-state index contributed by atoms with van der Waals surface area (Å²) in [4.78, 5) is 0.134. The van der Waals surface area contributed by atoms with Gasteiger partial charge < -0.3 is 14.8 Å². The standard InChI is InChI=1S/C15H21ClN2O4S.ClH/c1-21-14-3-2-12(8-13(14)16)23(19,20)18-11-9-15(22-10-11)4-6-17-7-5-15;/h2-3,8,11,17-18H,4-7,9-10H2,1H3;1H. The summed E-state index contributed by atoms with van der Waals surface area (Å²) < 4.78 is 38.8. The van der Waals surface area contributed by atoms with Gasteiger partial charge in [0.15, 0.2) is 0 Å². The van der Waals surface area contributed by atoms with Crippen LogP contribution >= 0.6 is 24.0 Å². The summed E-state index contributed by atoms with van der Waals surface area (Å²) in [6, 6.07) is 4.23. The minimum Gasteiger partial charge on any atom is -0.495 e. The van der Waals surface area contributed by atoms with Crippen LogP contribution in [0.2, 0.25) is 5.02 Å². The molecule has 2 heterocycles. The molecule has 0 aromatic heterocycles. The number of methoxy groups -OCH3 is 1. The van der Waals surface area contributed by atoms with E-state index in [-0.39, 0.29) is 34.0 Å². The summed E-state index contributed by atoms with van der Waals surface area (Å²) in [7, 11) is -2.14. The second-order valence-corrected chi connectivity index (χ2v) is 8.18. The van der Waals surface area contributed by atoms with Gasteiger partial charge in [0.1, 0.15) is 5.75 Å². The van der Waals surface area contributed by atoms with E-state index in [0.717, 1.165) is 25.9 Å². The number of piperidine rings is 1. The number of ether oxygens (including phenoxy) is 2. The molecule has 2 aliphatic rings. The van der Waals surface area contributed by atoms with Crippen LogP contribution in [0, 0.1) is 0 Å². The van der Waals surface area contributed by atoms with Crippen molar-refractivity contribution in [2.24, 2.45) is 0 Å². The Hall–Kier alpha value is -0.570. The van der Waals surface area contributed by atoms with E-state index >= 15 is 0 Å². The normalized spacial score (nSPS) is 23.0. The highest BCUT2D eigenvalue weighted by atomic mass is 35.5. The highest BCUT2D eigenvalue weighted by Gasteiger charge is 2.42. The van der Waals surface area contributed by atoms with Crippen LogP contribution in [0.25, 0.3) is 0 Å². The van der Waals surface area contributed by atoms with E-state index in [1.807, 2.05) is 0 Å². The maximum Gasteiger partial charge on any atom is 0.240 e. The Morgan fingerprint density at radius 3 is 2.71 bits per heavy atom. The highest BCUT2D eigenvalue weighted by molar-refractivity contribution is 7.89. The molecule has 2 aliphatic heterocycles. The number of sulfonamides is 1. The van der Waals surface area contributed by atoms with Crippen LogP contribution in [-0.2, 0) is 14.8 Å². The van der Waals surface area contributed by atoms with Gasteiger partial charge in [-0.25, -0.2) is 13.1 Å². The molecule has 136 valence electrons. The summed E-state index contributed by atoms with van der Waals surface area (Å²) in [5, 5.41) is 3.57. The molecule has 3 rings (SSSR count). The number of halogens is 2. The van der Waals surface area contributed by atoms with Crippen molar-refractivity contribution in [2.45, 2.75) is 35.8 Å². The molecule has 1 spiro atoms. The van der Waals surface area contributed by atoms with Crippen molar-refractivity contribution < 1.29 is 17.9 Å². The van der Waals surface area contributed by atoms with Crippen molar-refractivity contribution >= 4 is 34.0 Å². The first kappa shape index (κ1) is 19.8. The van der Waals surface area contributed by atoms with Gasteiger partial charge in [-0.05, 0) is 50.6 Å². The van der Waals surface area contributed by atoms with Crippen LogP contribution in [0.3, 0.4) is 0 Å². The molecule has 1 aromatic carbocycles. The Bertz CT molecular complexity index is 678. The van der Waals surface area contributed by atoms with Crippen LogP contribution in [0.15, 0.2) is 23.1 Å². The third kappa shape index (κ3) is 4.15. The summed E-state index contributed by atoms with van der Waals surface area (Å²) in [5.74, 6) is 0.448. The van der Waals surface area contributed by atoms with Crippen molar-refractivity contribution in [3.05, 3.63) is 23.2 Å². The van der Waals surface area contributed by atoms with Gasteiger partial charge >= 0.3 is 0 Å². The molecular formula is C15H22Cl2N2O4S. The fraction of sp³-hybridized carbons (Fsp3) is 0.600. The van der Waals surface area contributed by atoms with Crippen molar-refractivity contribution in [3.63, 3.8) is 0 Å². The molecule has 1 aromatic rings. The first-order valence-corrected chi connectivity index (χ1v) is 9.51. The Balaban J connectivity index is 0.00000208. The van der Waals surface area contributed by atoms with Crippen molar-refractivity contribution in [1.82, 2.24) is 10.0 Å². The maximum atomic E-state index is 12.5. The SMILES string of the molecule is COc1ccc(S(=O)(=O)NC2COC3(CCNCC3)C2)cc1Cl.Cl. The van der Waals surface area contributed by atoms with E-state index in [2.05, 4.69) is 10.0 Å². The van der Waals surface area contributed by atoms with E-state index in [9.17, 15) is 8.42 Å². The molecule has 2 fully saturated rings. The van der Waals surface area contributed by atoms with Gasteiger partial charge in [-0.15, -0.1) is 12.4 Å². The zero-order valence-electron chi connectivity index (χ0n) is 13.4. The molecular weight excluding hydrogens is 375 g/mol. The van der Waals surface area contributed by atoms with E-state index < -0.39 is 10.0 Å². The molecule has 0 bridgehead atoms. The van der Waals surface area contributed by atoms with E-state index in [1.54, 1.807) is 6.07 Å². The Kier molecular flexibility index (Phi) is 6.39. The van der Waals surface area contributed by atoms with Crippen LogP contribution in [0.4, 0.5) is 0 Å². The predicted molar refractivity (Wildman–Crippen MR) is 94.8 cm³/mol. The highest BCUT2D eigenvalue weighted by Crippen LogP contribution is 2.34. The van der Waals surface area contributed by atoms with Crippen LogP contribution in [0.5, 0.6) is 5.75 Å². The second-order valence-electron chi connectivity index (χ2n) is 6.06. The fourth-order valence-electron chi connectivity index (χ4n) is 3.25. The summed E-state index contributed by atoms with van der Waals surface area (Å²) >= 11 is 6.02. The number of hydrogen-bond acceptors (Lipinski definition) is 5. The number of rotatable bonds is 4. The quantitative estimate of drug-likeness (QED) is 0.813. The average Bonchev–Trinajstić information content (AvgIpc) is 2.89. The average molecular weight is 397 g/mol. The summed E-state index contributed by atoms with van der Waals surface area (Å²) in [6.45, 7) is 2.23. The monoisotopic (exact) mass is 396 g/mol. The smallest absolute Gasteiger partial charge is 0.240 e. The van der Waals surface area contributed by atoms with E-state index in [1.165, 1.54) is 19.2 Å². The molecule has 2 saturated heterocycles. The van der Waals surface area contributed by atoms with Crippen LogP contribution in [-0.4, -0.2) is 46.9 Å². The van der Waals surface area contributed by atoms with Gasteiger partial charge in [0.05, 0.1) is 29.2 Å². The van der Waals surface area contributed by atoms with Gasteiger partial charge in [0, 0.05) is 6.04 Å². The largest absolute Gasteiger partial charge is 0.495 e. The lowest BCUT2D eigenvalue weighted by molar-refractivity contribution is -0.0193. The minimum atomic E-state index is -3.63. The molecule has 24 heavy (non-hydrogen) atoms. The third-order valence-electron chi connectivity index (χ3n) is 4.48. The number of benzene rings is 1. The Morgan fingerprint density at radius 2 is 2.08 bits per heavy atom. The van der Waals surface area contributed by atoms with Gasteiger partial charge in [0.2, 0.25) is 10.0 Å². The van der Waals surface area contributed by atoms with Gasteiger partial charge in [-0.1, -0.05) is 11.6 Å². The molecule has 1 atom stereocenters. The summed E-state index contributed by atoms with van der Waals surface area (Å²) in [6.07, 6.45) is 2.54. The van der Waals surface area contributed by atoms with Crippen molar-refractivity contribution in [1.29, 1.82) is 0 Å². The topological polar surface area (TPSA) is 76.7 Å². The lowest BCUT2D eigenvalue weighted by atomic mass is 9.88. The zero-order chi connectivity index (χ0) is 16.5. The van der Waals surface area contributed by atoms with Crippen molar-refractivity contribution in [3.8, 4) is 5.75 Å². The van der Waals surface area contributed by atoms with Gasteiger partial charge in [0.25, 0.3) is 0 Å². The molecule has 6 nitrogen and oxygen atoms in total. The second kappa shape index (κ2) is 7.76. The first-order chi connectivity index (χ1) is 10.9. The fourth-order valence-corrected chi connectivity index (χ4v) is 4.82. The molecule has 0 radical (unpaired) electrons. The Morgan fingerprint density at radius 1 is 1.38 bits per heavy atom. The molecule has 2 N–H and O–H groups in total. The number of nitrogens with one attached hydrogen (secondary N) is 2. The zero-order valence-corrected chi connectivity index (χ0v) is 15.8. The molecule has 0 aliphatic carbocycles. The summed E-state index contributed by atoms with van der Waals surface area (Å²) in [5.41, 5.74) is -0.185. The molecule has 1 unspecified atom stereocenters. The van der Waals surface area contributed by atoms with Crippen molar-refractivity contribution in [2.75, 3.05) is 26.8 Å². The van der Waals surface area contributed by atoms with E-state index in [0.29, 0.717) is 18.8 Å². The first-order valence-electron chi connectivity index (χ1n) is 7.65. The minimum absolute atomic E-state index is 0. The molecule has 0 amide bonds. The lowest BCUT2D eigenvalue weighted by Gasteiger charge is -2.32. The molecule has 0 saturated carbocycles. The third-order valence-corrected chi connectivity index (χ3v) is 6.29. The van der Waals surface area contributed by atoms with Gasteiger partial charge in [-0.3, -0.25) is 0 Å². The van der Waals surface area contributed by atoms with E-state index in [4.69, 9.17) is 21.1 Å². The van der Waals surface area contributed by atoms with Crippen LogP contribution in [0.1, 0.15) is 19.3 Å². The van der Waals surface area contributed by atoms with Gasteiger partial charge in [-0.2, -0.15) is 0 Å². The lowest BCUT2D eigenvalue weighted by Crippen LogP contribution is -2.42. The maximum absolute atomic E-state index is 12.5. The predicted octanol–water partition coefficient (Wildman–Crippen LogP) is 1.96. The number of hydrogen-bond donors (Lipinski definition) is 2. The Labute approximate surface area is 153 Å².